The molecule has 0 radical (unpaired) electrons. The number of H-pyrrole nitrogens is 1. The Morgan fingerprint density at radius 2 is 2.25 bits per heavy atom. The van der Waals surface area contributed by atoms with Gasteiger partial charge >= 0.3 is 0 Å². The van der Waals surface area contributed by atoms with Gasteiger partial charge in [-0.15, -0.1) is 0 Å². The van der Waals surface area contributed by atoms with Crippen LogP contribution in [0.15, 0.2) is 16.9 Å². The van der Waals surface area contributed by atoms with Crippen LogP contribution < -0.4 is 10.9 Å². The zero-order valence-corrected chi connectivity index (χ0v) is 9.23. The first-order chi connectivity index (χ1) is 7.50. The van der Waals surface area contributed by atoms with Gasteiger partial charge in [0.1, 0.15) is 5.69 Å². The average molecular weight is 225 g/mol. The molecule has 0 saturated carbocycles. The molecule has 0 spiro atoms. The molecule has 88 valence electrons. The molecule has 1 atom stereocenters. The zero-order chi connectivity index (χ0) is 12.1. The van der Waals surface area contributed by atoms with Crippen LogP contribution >= 0.6 is 0 Å². The Morgan fingerprint density at radius 1 is 1.56 bits per heavy atom. The zero-order valence-electron chi connectivity index (χ0n) is 9.23. The number of nitrogens with one attached hydrogen (secondary N) is 2. The molecule has 1 amide bonds. The highest BCUT2D eigenvalue weighted by Crippen LogP contribution is 1.99. The summed E-state index contributed by atoms with van der Waals surface area (Å²) in [6.07, 6.45) is -0.591. The Bertz CT molecular complexity index is 394. The topological polar surface area (TPSA) is 95.1 Å². The summed E-state index contributed by atoms with van der Waals surface area (Å²) in [6, 6.07) is 2.55. The lowest BCUT2D eigenvalue weighted by Gasteiger charge is -2.14. The molecule has 0 bridgehead atoms. The highest BCUT2D eigenvalue weighted by molar-refractivity contribution is 5.91. The third-order valence-corrected chi connectivity index (χ3v) is 2.15. The van der Waals surface area contributed by atoms with E-state index in [0.29, 0.717) is 0 Å². The second-order valence-corrected chi connectivity index (χ2v) is 3.83. The van der Waals surface area contributed by atoms with Gasteiger partial charge in [0.05, 0.1) is 6.10 Å². The van der Waals surface area contributed by atoms with E-state index in [4.69, 9.17) is 0 Å². The number of rotatable bonds is 4. The molecular weight excluding hydrogens is 210 g/mol. The van der Waals surface area contributed by atoms with Crippen molar-refractivity contribution in [3.8, 4) is 0 Å². The smallest absolute Gasteiger partial charge is 0.271 e. The number of aliphatic hydroxyl groups is 1. The maximum absolute atomic E-state index is 11.5. The Labute approximate surface area is 92.7 Å². The lowest BCUT2D eigenvalue weighted by molar-refractivity contribution is 0.0866. The minimum Gasteiger partial charge on any atom is -0.391 e. The molecule has 1 unspecified atom stereocenters. The van der Waals surface area contributed by atoms with Crippen LogP contribution in [0.4, 0.5) is 0 Å². The molecule has 0 saturated heterocycles. The number of carbonyl (C=O) groups excluding carboxylic acids is 1. The van der Waals surface area contributed by atoms with Crippen LogP contribution in [0.1, 0.15) is 24.3 Å². The number of nitrogens with zero attached hydrogens (tertiary/aromatic N) is 1. The van der Waals surface area contributed by atoms with Crippen molar-refractivity contribution in [1.29, 1.82) is 0 Å². The van der Waals surface area contributed by atoms with Gasteiger partial charge in [0.2, 0.25) is 0 Å². The Kier molecular flexibility index (Phi) is 4.19. The molecule has 6 heteroatoms. The number of carbonyl (C=O) groups is 1. The highest BCUT2D eigenvalue weighted by atomic mass is 16.3. The Hall–Kier alpha value is -1.69. The molecule has 3 N–H and O–H groups in total. The van der Waals surface area contributed by atoms with E-state index in [1.54, 1.807) is 0 Å². The van der Waals surface area contributed by atoms with Gasteiger partial charge in [-0.3, -0.25) is 9.59 Å². The van der Waals surface area contributed by atoms with Crippen LogP contribution in [0, 0.1) is 5.92 Å². The Morgan fingerprint density at radius 3 is 2.75 bits per heavy atom. The SMILES string of the molecule is CC(C)C(O)CNC(=O)c1ccc(=O)[nH]n1. The van der Waals surface area contributed by atoms with Crippen molar-refractivity contribution < 1.29 is 9.90 Å². The number of amides is 1. The lowest BCUT2D eigenvalue weighted by Crippen LogP contribution is -2.35. The van der Waals surface area contributed by atoms with Crippen LogP contribution in [0.5, 0.6) is 0 Å². The van der Waals surface area contributed by atoms with E-state index in [1.807, 2.05) is 13.8 Å². The molecule has 0 aliphatic heterocycles. The summed E-state index contributed by atoms with van der Waals surface area (Å²) in [6.45, 7) is 3.88. The first-order valence-corrected chi connectivity index (χ1v) is 5.02. The van der Waals surface area contributed by atoms with E-state index in [0.717, 1.165) is 0 Å². The minimum atomic E-state index is -0.591. The number of aromatic nitrogens is 2. The molecule has 0 aromatic carbocycles. The fourth-order valence-electron chi connectivity index (χ4n) is 0.994. The van der Waals surface area contributed by atoms with Crippen molar-refractivity contribution >= 4 is 5.91 Å². The molecule has 1 aromatic rings. The summed E-state index contributed by atoms with van der Waals surface area (Å²) in [5.74, 6) is -0.347. The van der Waals surface area contributed by atoms with Crippen LogP contribution in [0.25, 0.3) is 0 Å². The largest absolute Gasteiger partial charge is 0.391 e. The predicted molar refractivity (Wildman–Crippen MR) is 58.0 cm³/mol. The highest BCUT2D eigenvalue weighted by Gasteiger charge is 2.12. The van der Waals surface area contributed by atoms with Gasteiger partial charge in [0.15, 0.2) is 0 Å². The quantitative estimate of drug-likeness (QED) is 0.644. The maximum atomic E-state index is 11.5. The van der Waals surface area contributed by atoms with Gasteiger partial charge in [-0.25, -0.2) is 5.10 Å². The summed E-state index contributed by atoms with van der Waals surface area (Å²) < 4.78 is 0. The van der Waals surface area contributed by atoms with E-state index in [2.05, 4.69) is 15.5 Å². The van der Waals surface area contributed by atoms with Crippen molar-refractivity contribution in [2.75, 3.05) is 6.54 Å². The van der Waals surface area contributed by atoms with E-state index in [1.165, 1.54) is 12.1 Å². The molecular formula is C10H15N3O3. The first kappa shape index (κ1) is 12.4. The van der Waals surface area contributed by atoms with E-state index in [-0.39, 0.29) is 23.7 Å². The number of aromatic amines is 1. The van der Waals surface area contributed by atoms with Crippen molar-refractivity contribution in [2.24, 2.45) is 5.92 Å². The second kappa shape index (κ2) is 5.41. The van der Waals surface area contributed by atoms with Gasteiger partial charge in [-0.1, -0.05) is 13.8 Å². The number of hydrogen-bond donors (Lipinski definition) is 3. The molecule has 0 aliphatic rings. The second-order valence-electron chi connectivity index (χ2n) is 3.83. The molecule has 1 rings (SSSR count). The molecule has 1 heterocycles. The molecule has 0 aliphatic carbocycles. The van der Waals surface area contributed by atoms with Crippen LogP contribution in [0.2, 0.25) is 0 Å². The van der Waals surface area contributed by atoms with Crippen LogP contribution in [0.3, 0.4) is 0 Å². The maximum Gasteiger partial charge on any atom is 0.271 e. The molecule has 16 heavy (non-hydrogen) atoms. The molecule has 1 aromatic heterocycles. The van der Waals surface area contributed by atoms with E-state index < -0.39 is 12.0 Å². The van der Waals surface area contributed by atoms with Gasteiger partial charge in [0.25, 0.3) is 11.5 Å². The standard InChI is InChI=1S/C10H15N3O3/c1-6(2)8(14)5-11-10(16)7-3-4-9(15)13-12-7/h3-4,6,8,14H,5H2,1-2H3,(H,11,16)(H,13,15). The number of aliphatic hydroxyl groups excluding tert-OH is 1. The van der Waals surface area contributed by atoms with Crippen molar-refractivity contribution in [3.63, 3.8) is 0 Å². The normalized spacial score (nSPS) is 12.5. The monoisotopic (exact) mass is 225 g/mol. The van der Waals surface area contributed by atoms with Crippen molar-refractivity contribution in [3.05, 3.63) is 28.2 Å². The summed E-state index contributed by atoms with van der Waals surface area (Å²) in [5.41, 5.74) is -0.241. The summed E-state index contributed by atoms with van der Waals surface area (Å²) in [4.78, 5) is 22.2. The third-order valence-electron chi connectivity index (χ3n) is 2.15. The number of hydrogen-bond acceptors (Lipinski definition) is 4. The van der Waals surface area contributed by atoms with Crippen molar-refractivity contribution in [1.82, 2.24) is 15.5 Å². The minimum absolute atomic E-state index is 0.0730. The average Bonchev–Trinajstić information content (AvgIpc) is 2.26. The molecule has 0 fully saturated rings. The molecule has 6 nitrogen and oxygen atoms in total. The van der Waals surface area contributed by atoms with Crippen molar-refractivity contribution in [2.45, 2.75) is 20.0 Å². The predicted octanol–water partition coefficient (Wildman–Crippen LogP) is -0.483. The fraction of sp³-hybridized carbons (Fsp3) is 0.500. The lowest BCUT2D eigenvalue weighted by atomic mass is 10.1. The van der Waals surface area contributed by atoms with Gasteiger partial charge in [-0.05, 0) is 12.0 Å². The van der Waals surface area contributed by atoms with E-state index in [9.17, 15) is 14.7 Å². The van der Waals surface area contributed by atoms with Gasteiger partial charge in [0, 0.05) is 12.6 Å². The summed E-state index contributed by atoms with van der Waals surface area (Å²) in [7, 11) is 0. The first-order valence-electron chi connectivity index (χ1n) is 5.02. The third kappa shape index (κ3) is 3.47. The van der Waals surface area contributed by atoms with Crippen LogP contribution in [-0.4, -0.2) is 33.9 Å². The fourth-order valence-corrected chi connectivity index (χ4v) is 0.994. The summed E-state index contributed by atoms with van der Waals surface area (Å²) in [5, 5.41) is 17.7. The van der Waals surface area contributed by atoms with Crippen LogP contribution in [-0.2, 0) is 0 Å². The Balaban J connectivity index is 2.53. The van der Waals surface area contributed by atoms with Gasteiger partial charge in [-0.2, -0.15) is 5.10 Å². The van der Waals surface area contributed by atoms with E-state index >= 15 is 0 Å². The summed E-state index contributed by atoms with van der Waals surface area (Å²) >= 11 is 0. The van der Waals surface area contributed by atoms with Gasteiger partial charge < -0.3 is 10.4 Å².